The van der Waals surface area contributed by atoms with Crippen LogP contribution in [-0.2, 0) is 0 Å². The van der Waals surface area contributed by atoms with Crippen LogP contribution in [0.2, 0.25) is 0 Å². The van der Waals surface area contributed by atoms with Gasteiger partial charge in [-0.2, -0.15) is 0 Å². The molecule has 0 saturated heterocycles. The monoisotopic (exact) mass is 282 g/mol. The number of carbonyl (C=O) groups is 1. The zero-order valence-electron chi connectivity index (χ0n) is 11.8. The van der Waals surface area contributed by atoms with Crippen molar-refractivity contribution in [2.45, 2.75) is 31.7 Å². The van der Waals surface area contributed by atoms with Crippen LogP contribution in [0.1, 0.15) is 36.0 Å². The number of anilines is 1. The second-order valence-electron chi connectivity index (χ2n) is 6.17. The lowest BCUT2D eigenvalue weighted by atomic mass is 10.1. The first kappa shape index (κ1) is 12.6. The van der Waals surface area contributed by atoms with Crippen LogP contribution >= 0.6 is 0 Å². The van der Waals surface area contributed by atoms with Gasteiger partial charge >= 0.3 is 5.97 Å². The molecule has 4 rings (SSSR count). The van der Waals surface area contributed by atoms with Crippen molar-refractivity contribution < 1.29 is 9.90 Å². The molecule has 0 aliphatic heterocycles. The summed E-state index contributed by atoms with van der Waals surface area (Å²) in [6, 6.07) is 8.32. The summed E-state index contributed by atoms with van der Waals surface area (Å²) in [5.74, 6) is 0.848. The molecule has 1 heterocycles. The standard InChI is InChI=1S/C17H18N2O2/c20-17(21)15-9-18-16(14-4-2-1-3-13(14)15)19(12-7-8-12)10-11-5-6-11/h1-4,9,11-12H,5-8,10H2,(H,20,21). The number of fused-ring (bicyclic) bond motifs is 1. The van der Waals surface area contributed by atoms with Gasteiger partial charge in [0.05, 0.1) is 5.56 Å². The minimum Gasteiger partial charge on any atom is -0.478 e. The first-order valence-electron chi connectivity index (χ1n) is 7.61. The van der Waals surface area contributed by atoms with E-state index < -0.39 is 5.97 Å². The second-order valence-corrected chi connectivity index (χ2v) is 6.17. The van der Waals surface area contributed by atoms with Gasteiger partial charge in [0, 0.05) is 29.6 Å². The largest absolute Gasteiger partial charge is 0.478 e. The van der Waals surface area contributed by atoms with E-state index in [2.05, 4.69) is 9.88 Å². The van der Waals surface area contributed by atoms with Crippen molar-refractivity contribution in [3.63, 3.8) is 0 Å². The molecule has 1 aromatic heterocycles. The topological polar surface area (TPSA) is 53.4 Å². The molecule has 0 bridgehead atoms. The zero-order valence-corrected chi connectivity index (χ0v) is 11.8. The van der Waals surface area contributed by atoms with E-state index in [0.717, 1.165) is 29.1 Å². The highest BCUT2D eigenvalue weighted by atomic mass is 16.4. The number of pyridine rings is 1. The van der Waals surface area contributed by atoms with Gasteiger partial charge in [0.2, 0.25) is 0 Å². The number of nitrogens with zero attached hydrogens (tertiary/aromatic N) is 2. The van der Waals surface area contributed by atoms with Crippen LogP contribution in [0.4, 0.5) is 5.82 Å². The maximum Gasteiger partial charge on any atom is 0.337 e. The van der Waals surface area contributed by atoms with Crippen LogP contribution in [-0.4, -0.2) is 28.6 Å². The summed E-state index contributed by atoms with van der Waals surface area (Å²) >= 11 is 0. The van der Waals surface area contributed by atoms with Gasteiger partial charge in [0.1, 0.15) is 5.82 Å². The highest BCUT2D eigenvalue weighted by Gasteiger charge is 2.35. The van der Waals surface area contributed by atoms with Crippen molar-refractivity contribution in [1.82, 2.24) is 4.98 Å². The molecule has 4 nitrogen and oxygen atoms in total. The highest BCUT2D eigenvalue weighted by molar-refractivity contribution is 6.06. The first-order chi connectivity index (χ1) is 10.2. The molecular formula is C17H18N2O2. The Labute approximate surface area is 123 Å². The van der Waals surface area contributed by atoms with Gasteiger partial charge in [-0.3, -0.25) is 0 Å². The minimum atomic E-state index is -0.912. The van der Waals surface area contributed by atoms with E-state index >= 15 is 0 Å². The van der Waals surface area contributed by atoms with Crippen molar-refractivity contribution in [3.05, 3.63) is 36.0 Å². The predicted octanol–water partition coefficient (Wildman–Crippen LogP) is 3.31. The van der Waals surface area contributed by atoms with Crippen LogP contribution in [0.3, 0.4) is 0 Å². The quantitative estimate of drug-likeness (QED) is 0.914. The molecule has 2 aromatic rings. The molecule has 0 spiro atoms. The van der Waals surface area contributed by atoms with E-state index in [4.69, 9.17) is 0 Å². The number of hydrogen-bond donors (Lipinski definition) is 1. The third kappa shape index (κ3) is 2.35. The molecule has 0 amide bonds. The normalized spacial score (nSPS) is 17.9. The number of hydrogen-bond acceptors (Lipinski definition) is 3. The van der Waals surface area contributed by atoms with Gasteiger partial charge in [-0.1, -0.05) is 24.3 Å². The Morgan fingerprint density at radius 3 is 2.52 bits per heavy atom. The Bertz CT molecular complexity index is 705. The fraction of sp³-hybridized carbons (Fsp3) is 0.412. The lowest BCUT2D eigenvalue weighted by Gasteiger charge is -2.25. The van der Waals surface area contributed by atoms with Crippen LogP contribution in [0.5, 0.6) is 0 Å². The molecule has 0 radical (unpaired) electrons. The molecule has 0 atom stereocenters. The van der Waals surface area contributed by atoms with E-state index in [0.29, 0.717) is 6.04 Å². The van der Waals surface area contributed by atoms with Crippen LogP contribution in [0.25, 0.3) is 10.8 Å². The molecule has 4 heteroatoms. The lowest BCUT2D eigenvalue weighted by molar-refractivity contribution is 0.0698. The van der Waals surface area contributed by atoms with Gasteiger partial charge in [0.15, 0.2) is 0 Å². The molecule has 2 saturated carbocycles. The summed E-state index contributed by atoms with van der Waals surface area (Å²) in [7, 11) is 0. The maximum atomic E-state index is 11.4. The highest BCUT2D eigenvalue weighted by Crippen LogP contribution is 2.39. The van der Waals surface area contributed by atoms with E-state index in [-0.39, 0.29) is 5.56 Å². The molecule has 1 aromatic carbocycles. The Morgan fingerprint density at radius 1 is 1.19 bits per heavy atom. The number of benzene rings is 1. The number of carboxylic acid groups (broad SMARTS) is 1. The van der Waals surface area contributed by atoms with Crippen LogP contribution in [0.15, 0.2) is 30.5 Å². The molecule has 1 N–H and O–H groups in total. The van der Waals surface area contributed by atoms with E-state index in [1.165, 1.54) is 31.9 Å². The third-order valence-electron chi connectivity index (χ3n) is 4.42. The maximum absolute atomic E-state index is 11.4. The Morgan fingerprint density at radius 2 is 1.90 bits per heavy atom. The number of carboxylic acids is 1. The van der Waals surface area contributed by atoms with Gasteiger partial charge in [-0.05, 0) is 31.6 Å². The van der Waals surface area contributed by atoms with Crippen LogP contribution in [0, 0.1) is 5.92 Å². The van der Waals surface area contributed by atoms with E-state index in [1.54, 1.807) is 0 Å². The van der Waals surface area contributed by atoms with Gasteiger partial charge in [0.25, 0.3) is 0 Å². The summed E-state index contributed by atoms with van der Waals surface area (Å²) in [4.78, 5) is 18.3. The fourth-order valence-corrected chi connectivity index (χ4v) is 2.95. The van der Waals surface area contributed by atoms with Crippen molar-refractivity contribution in [1.29, 1.82) is 0 Å². The number of aromatic carboxylic acids is 1. The molecule has 0 unspecified atom stereocenters. The fourth-order valence-electron chi connectivity index (χ4n) is 2.95. The SMILES string of the molecule is O=C(O)c1cnc(N(CC2CC2)C2CC2)c2ccccc12. The first-order valence-corrected chi connectivity index (χ1v) is 7.61. The third-order valence-corrected chi connectivity index (χ3v) is 4.42. The van der Waals surface area contributed by atoms with E-state index in [1.807, 2.05) is 24.3 Å². The summed E-state index contributed by atoms with van der Waals surface area (Å²) in [5.41, 5.74) is 0.288. The molecule has 21 heavy (non-hydrogen) atoms. The summed E-state index contributed by atoms with van der Waals surface area (Å²) in [6.07, 6.45) is 6.60. The minimum absolute atomic E-state index is 0.288. The van der Waals surface area contributed by atoms with Gasteiger partial charge in [-0.15, -0.1) is 0 Å². The van der Waals surface area contributed by atoms with Crippen LogP contribution < -0.4 is 4.90 Å². The number of rotatable bonds is 5. The smallest absolute Gasteiger partial charge is 0.337 e. The van der Waals surface area contributed by atoms with E-state index in [9.17, 15) is 9.90 Å². The van der Waals surface area contributed by atoms with Gasteiger partial charge < -0.3 is 10.0 Å². The average molecular weight is 282 g/mol. The summed E-state index contributed by atoms with van der Waals surface area (Å²) < 4.78 is 0. The lowest BCUT2D eigenvalue weighted by Crippen LogP contribution is -2.29. The average Bonchev–Trinajstić information content (AvgIpc) is 3.37. The summed E-state index contributed by atoms with van der Waals surface area (Å²) in [6.45, 7) is 1.06. The van der Waals surface area contributed by atoms with Crippen molar-refractivity contribution in [2.24, 2.45) is 5.92 Å². The zero-order chi connectivity index (χ0) is 14.4. The Balaban J connectivity index is 1.83. The summed E-state index contributed by atoms with van der Waals surface area (Å²) in [5, 5.41) is 11.1. The van der Waals surface area contributed by atoms with Gasteiger partial charge in [-0.25, -0.2) is 9.78 Å². The molecule has 2 aliphatic carbocycles. The Kier molecular flexibility index (Phi) is 2.84. The predicted molar refractivity (Wildman–Crippen MR) is 81.8 cm³/mol. The van der Waals surface area contributed by atoms with Crippen molar-refractivity contribution in [2.75, 3.05) is 11.4 Å². The van der Waals surface area contributed by atoms with Crippen molar-refractivity contribution >= 4 is 22.6 Å². The molecular weight excluding hydrogens is 264 g/mol. The van der Waals surface area contributed by atoms with Crippen molar-refractivity contribution in [3.8, 4) is 0 Å². The number of aromatic nitrogens is 1. The molecule has 2 aliphatic rings. The Hall–Kier alpha value is -2.10. The second kappa shape index (κ2) is 4.72. The molecule has 2 fully saturated rings. The molecule has 108 valence electrons.